The van der Waals surface area contributed by atoms with Crippen molar-refractivity contribution >= 4 is 40.2 Å². The predicted molar refractivity (Wildman–Crippen MR) is 68.6 cm³/mol. The van der Waals surface area contributed by atoms with Crippen LogP contribution < -0.4 is 4.90 Å². The Balaban J connectivity index is 2.34. The zero-order valence-corrected chi connectivity index (χ0v) is 10.9. The molecule has 1 aliphatic heterocycles. The Hall–Kier alpha value is -0.480. The van der Waals surface area contributed by atoms with E-state index in [9.17, 15) is 4.79 Å². The van der Waals surface area contributed by atoms with E-state index >= 15 is 0 Å². The SMILES string of the molecule is Cc1cc(Br)ccc1N1CC(S)CC1=O. The highest BCUT2D eigenvalue weighted by molar-refractivity contribution is 9.10. The van der Waals surface area contributed by atoms with Crippen LogP contribution in [0.1, 0.15) is 12.0 Å². The second kappa shape index (κ2) is 4.18. The summed E-state index contributed by atoms with van der Waals surface area (Å²) < 4.78 is 1.04. The quantitative estimate of drug-likeness (QED) is 0.787. The third-order valence-corrected chi connectivity index (χ3v) is 3.39. The van der Waals surface area contributed by atoms with Crippen molar-refractivity contribution < 1.29 is 4.79 Å². The van der Waals surface area contributed by atoms with Crippen molar-refractivity contribution in [3.05, 3.63) is 28.2 Å². The van der Waals surface area contributed by atoms with E-state index in [0.717, 1.165) is 15.7 Å². The number of amides is 1. The van der Waals surface area contributed by atoms with Crippen LogP contribution in [0.2, 0.25) is 0 Å². The van der Waals surface area contributed by atoms with Gasteiger partial charge in [-0.05, 0) is 30.7 Å². The van der Waals surface area contributed by atoms with E-state index in [1.807, 2.05) is 30.0 Å². The van der Waals surface area contributed by atoms with E-state index in [-0.39, 0.29) is 11.2 Å². The summed E-state index contributed by atoms with van der Waals surface area (Å²) >= 11 is 7.76. The first kappa shape index (κ1) is 11.0. The Morgan fingerprint density at radius 2 is 2.27 bits per heavy atom. The van der Waals surface area contributed by atoms with Gasteiger partial charge in [0.05, 0.1) is 0 Å². The van der Waals surface area contributed by atoms with Crippen molar-refractivity contribution in [2.45, 2.75) is 18.6 Å². The third-order valence-electron chi connectivity index (χ3n) is 2.55. The number of anilines is 1. The Kier molecular flexibility index (Phi) is 3.07. The number of halogens is 1. The monoisotopic (exact) mass is 285 g/mol. The van der Waals surface area contributed by atoms with E-state index < -0.39 is 0 Å². The maximum atomic E-state index is 11.7. The summed E-state index contributed by atoms with van der Waals surface area (Å²) in [4.78, 5) is 13.5. The molecule has 0 saturated carbocycles. The van der Waals surface area contributed by atoms with E-state index in [1.165, 1.54) is 0 Å². The molecule has 0 aliphatic carbocycles. The second-order valence-electron chi connectivity index (χ2n) is 3.79. The molecule has 0 bridgehead atoms. The van der Waals surface area contributed by atoms with Crippen molar-refractivity contribution in [2.75, 3.05) is 11.4 Å². The van der Waals surface area contributed by atoms with Crippen molar-refractivity contribution in [3.8, 4) is 0 Å². The summed E-state index contributed by atoms with van der Waals surface area (Å²) in [5.41, 5.74) is 2.11. The molecular weight excluding hydrogens is 274 g/mol. The van der Waals surface area contributed by atoms with Gasteiger partial charge in [0.25, 0.3) is 0 Å². The lowest BCUT2D eigenvalue weighted by Crippen LogP contribution is -2.25. The molecular formula is C11H12BrNOS. The van der Waals surface area contributed by atoms with Gasteiger partial charge in [0.1, 0.15) is 0 Å². The Bertz CT molecular complexity index is 408. The molecule has 15 heavy (non-hydrogen) atoms. The summed E-state index contributed by atoms with van der Waals surface area (Å²) in [5.74, 6) is 0.167. The number of rotatable bonds is 1. The van der Waals surface area contributed by atoms with Gasteiger partial charge >= 0.3 is 0 Å². The van der Waals surface area contributed by atoms with Crippen LogP contribution in [0.15, 0.2) is 22.7 Å². The minimum absolute atomic E-state index is 0.167. The van der Waals surface area contributed by atoms with E-state index in [0.29, 0.717) is 13.0 Å². The number of hydrogen-bond donors (Lipinski definition) is 1. The predicted octanol–water partition coefficient (Wildman–Crippen LogP) is 2.79. The van der Waals surface area contributed by atoms with Gasteiger partial charge in [-0.3, -0.25) is 4.79 Å². The van der Waals surface area contributed by atoms with Crippen molar-refractivity contribution in [3.63, 3.8) is 0 Å². The van der Waals surface area contributed by atoms with Gasteiger partial charge in [-0.25, -0.2) is 0 Å². The van der Waals surface area contributed by atoms with E-state index in [2.05, 4.69) is 28.6 Å². The third kappa shape index (κ3) is 2.21. The maximum Gasteiger partial charge on any atom is 0.228 e. The molecule has 80 valence electrons. The molecule has 0 aromatic heterocycles. The molecule has 2 rings (SSSR count). The van der Waals surface area contributed by atoms with E-state index in [1.54, 1.807) is 0 Å². The highest BCUT2D eigenvalue weighted by atomic mass is 79.9. The maximum absolute atomic E-state index is 11.7. The van der Waals surface area contributed by atoms with Crippen LogP contribution in [0.4, 0.5) is 5.69 Å². The van der Waals surface area contributed by atoms with Crippen LogP contribution in [-0.4, -0.2) is 17.7 Å². The molecule has 1 fully saturated rings. The lowest BCUT2D eigenvalue weighted by molar-refractivity contribution is -0.117. The smallest absolute Gasteiger partial charge is 0.228 e. The topological polar surface area (TPSA) is 20.3 Å². The fraction of sp³-hybridized carbons (Fsp3) is 0.364. The van der Waals surface area contributed by atoms with Gasteiger partial charge in [0.15, 0.2) is 0 Å². The lowest BCUT2D eigenvalue weighted by Gasteiger charge is -2.18. The van der Waals surface area contributed by atoms with Gasteiger partial charge in [-0.2, -0.15) is 12.6 Å². The number of hydrogen-bond acceptors (Lipinski definition) is 2. The zero-order chi connectivity index (χ0) is 11.0. The van der Waals surface area contributed by atoms with Crippen LogP contribution in [0, 0.1) is 6.92 Å². The van der Waals surface area contributed by atoms with E-state index in [4.69, 9.17) is 0 Å². The number of aryl methyl sites for hydroxylation is 1. The van der Waals surface area contributed by atoms with Crippen molar-refractivity contribution in [1.29, 1.82) is 0 Å². The molecule has 1 heterocycles. The highest BCUT2D eigenvalue weighted by Gasteiger charge is 2.28. The average molecular weight is 286 g/mol. The van der Waals surface area contributed by atoms with Gasteiger partial charge < -0.3 is 4.90 Å². The molecule has 0 N–H and O–H groups in total. The number of carbonyl (C=O) groups excluding carboxylic acids is 1. The number of thiol groups is 1. The first-order chi connectivity index (χ1) is 7.08. The summed E-state index contributed by atoms with van der Waals surface area (Å²) in [6.07, 6.45) is 0.540. The molecule has 1 aromatic rings. The van der Waals surface area contributed by atoms with Crippen LogP contribution in [0.3, 0.4) is 0 Å². The van der Waals surface area contributed by atoms with Crippen LogP contribution in [0.5, 0.6) is 0 Å². The molecule has 0 radical (unpaired) electrons. The normalized spacial score (nSPS) is 21.1. The van der Waals surface area contributed by atoms with Crippen molar-refractivity contribution in [2.24, 2.45) is 0 Å². The standard InChI is InChI=1S/C11H12BrNOS/c1-7-4-8(12)2-3-10(7)13-6-9(15)5-11(13)14/h2-4,9,15H,5-6H2,1H3. The molecule has 1 atom stereocenters. The first-order valence-corrected chi connectivity index (χ1v) is 6.13. The van der Waals surface area contributed by atoms with Gasteiger partial charge in [0, 0.05) is 28.4 Å². The fourth-order valence-corrected chi connectivity index (χ4v) is 2.64. The molecule has 1 unspecified atom stereocenters. The Labute approximate surface area is 103 Å². The first-order valence-electron chi connectivity index (χ1n) is 4.82. The molecule has 4 heteroatoms. The number of benzene rings is 1. The summed E-state index contributed by atoms with van der Waals surface area (Å²) in [6, 6.07) is 5.96. The van der Waals surface area contributed by atoms with Crippen LogP contribution in [0.25, 0.3) is 0 Å². The number of carbonyl (C=O) groups is 1. The Morgan fingerprint density at radius 1 is 1.53 bits per heavy atom. The summed E-state index contributed by atoms with van der Waals surface area (Å²) in [6.45, 7) is 2.73. The minimum atomic E-state index is 0.167. The lowest BCUT2D eigenvalue weighted by atomic mass is 10.2. The van der Waals surface area contributed by atoms with Crippen LogP contribution in [-0.2, 0) is 4.79 Å². The molecule has 1 aromatic carbocycles. The molecule has 1 saturated heterocycles. The zero-order valence-electron chi connectivity index (χ0n) is 8.40. The largest absolute Gasteiger partial charge is 0.311 e. The second-order valence-corrected chi connectivity index (χ2v) is 5.44. The Morgan fingerprint density at radius 3 is 2.80 bits per heavy atom. The van der Waals surface area contributed by atoms with Gasteiger partial charge in [-0.15, -0.1) is 0 Å². The van der Waals surface area contributed by atoms with Crippen molar-refractivity contribution in [1.82, 2.24) is 0 Å². The van der Waals surface area contributed by atoms with Gasteiger partial charge in [0.2, 0.25) is 5.91 Å². The molecule has 1 amide bonds. The fourth-order valence-electron chi connectivity index (χ4n) is 1.84. The van der Waals surface area contributed by atoms with Gasteiger partial charge in [-0.1, -0.05) is 15.9 Å². The molecule has 2 nitrogen and oxygen atoms in total. The van der Waals surface area contributed by atoms with Crippen LogP contribution >= 0.6 is 28.6 Å². The molecule has 1 aliphatic rings. The summed E-state index contributed by atoms with van der Waals surface area (Å²) in [7, 11) is 0. The highest BCUT2D eigenvalue weighted by Crippen LogP contribution is 2.28. The number of nitrogens with zero attached hydrogens (tertiary/aromatic N) is 1. The summed E-state index contributed by atoms with van der Waals surface area (Å²) in [5, 5.41) is 0.167. The minimum Gasteiger partial charge on any atom is -0.311 e. The molecule has 0 spiro atoms. The average Bonchev–Trinajstić information content (AvgIpc) is 2.45.